The van der Waals surface area contributed by atoms with Crippen LogP contribution in [-0.4, -0.2) is 30.2 Å². The highest BCUT2D eigenvalue weighted by atomic mass is 35.5. The lowest BCUT2D eigenvalue weighted by Crippen LogP contribution is -2.11. The molecule has 0 saturated carbocycles. The lowest BCUT2D eigenvalue weighted by molar-refractivity contribution is 0.0959. The number of hydrogen-bond donors (Lipinski definition) is 0. The van der Waals surface area contributed by atoms with Gasteiger partial charge in [-0.15, -0.1) is 11.3 Å². The number of benzene rings is 1. The Labute approximate surface area is 152 Å². The van der Waals surface area contributed by atoms with Gasteiger partial charge in [0, 0.05) is 28.4 Å². The molecule has 0 fully saturated rings. The summed E-state index contributed by atoms with van der Waals surface area (Å²) in [6.07, 6.45) is 6.20. The van der Waals surface area contributed by atoms with Gasteiger partial charge in [-0.25, -0.2) is 14.6 Å². The number of aromatic nitrogens is 5. The first-order chi connectivity index (χ1) is 12.1. The molecule has 1 aromatic carbocycles. The van der Waals surface area contributed by atoms with E-state index in [0.29, 0.717) is 15.7 Å². The van der Waals surface area contributed by atoms with Gasteiger partial charge >= 0.3 is 0 Å². The average Bonchev–Trinajstić information content (AvgIpc) is 3.35. The number of hydrogen-bond acceptors (Lipinski definition) is 5. The van der Waals surface area contributed by atoms with Crippen LogP contribution in [-0.2, 0) is 0 Å². The summed E-state index contributed by atoms with van der Waals surface area (Å²) in [6, 6.07) is 7.53. The molecule has 0 bridgehead atoms. The largest absolute Gasteiger partial charge is 0.272 e. The third-order valence-electron chi connectivity index (χ3n) is 3.77. The van der Waals surface area contributed by atoms with Crippen molar-refractivity contribution in [2.75, 3.05) is 0 Å². The molecular weight excluding hydrogens is 358 g/mol. The van der Waals surface area contributed by atoms with Crippen LogP contribution >= 0.6 is 22.9 Å². The van der Waals surface area contributed by atoms with Gasteiger partial charge in [0.05, 0.1) is 23.1 Å². The van der Waals surface area contributed by atoms with E-state index in [0.717, 1.165) is 17.0 Å². The Hall–Kier alpha value is -2.77. The molecule has 4 aromatic rings. The summed E-state index contributed by atoms with van der Waals surface area (Å²) >= 11 is 7.50. The van der Waals surface area contributed by atoms with Crippen LogP contribution in [0.1, 0.15) is 16.1 Å². The quantitative estimate of drug-likeness (QED) is 0.550. The summed E-state index contributed by atoms with van der Waals surface area (Å²) in [6.45, 7) is 1.84. The van der Waals surface area contributed by atoms with Crippen LogP contribution in [0.15, 0.2) is 54.6 Å². The lowest BCUT2D eigenvalue weighted by Gasteiger charge is -2.02. The summed E-state index contributed by atoms with van der Waals surface area (Å²) in [5, 5.41) is 7.62. The summed E-state index contributed by atoms with van der Waals surface area (Å²) < 4.78 is 3.09. The molecule has 0 atom stereocenters. The van der Waals surface area contributed by atoms with Crippen LogP contribution in [0, 0.1) is 6.92 Å². The molecule has 25 heavy (non-hydrogen) atoms. The Bertz CT molecular complexity index is 1050. The van der Waals surface area contributed by atoms with E-state index in [2.05, 4.69) is 15.1 Å². The highest BCUT2D eigenvalue weighted by Gasteiger charge is 2.18. The van der Waals surface area contributed by atoms with Crippen LogP contribution in [0.5, 0.6) is 0 Å². The summed E-state index contributed by atoms with van der Waals surface area (Å²) in [7, 11) is 0. The van der Waals surface area contributed by atoms with Gasteiger partial charge in [0.25, 0.3) is 5.91 Å². The maximum atomic E-state index is 12.5. The Morgan fingerprint density at radius 3 is 2.96 bits per heavy atom. The minimum absolute atomic E-state index is 0.173. The van der Waals surface area contributed by atoms with Crippen molar-refractivity contribution < 1.29 is 4.79 Å². The van der Waals surface area contributed by atoms with Crippen molar-refractivity contribution in [3.05, 3.63) is 70.8 Å². The maximum Gasteiger partial charge on any atom is 0.266 e. The minimum atomic E-state index is -0.173. The van der Waals surface area contributed by atoms with Crippen molar-refractivity contribution in [3.63, 3.8) is 0 Å². The third-order valence-corrected chi connectivity index (χ3v) is 4.82. The standard InChI is InChI=1S/C17H12ClN5OS/c1-11-14(16(24)22-6-5-19-10-22)8-20-23(11)17-21-15(9-25-17)12-3-2-4-13(18)7-12/h2-10H,1H3. The van der Waals surface area contributed by atoms with Crippen LogP contribution < -0.4 is 0 Å². The van der Waals surface area contributed by atoms with Gasteiger partial charge in [-0.2, -0.15) is 5.10 Å². The SMILES string of the molecule is Cc1c(C(=O)n2ccnc2)cnn1-c1nc(-c2cccc(Cl)c2)cs1. The van der Waals surface area contributed by atoms with Crippen LogP contribution in [0.4, 0.5) is 0 Å². The van der Waals surface area contributed by atoms with Gasteiger partial charge in [0.2, 0.25) is 5.13 Å². The van der Waals surface area contributed by atoms with Gasteiger partial charge in [-0.3, -0.25) is 9.36 Å². The van der Waals surface area contributed by atoms with E-state index >= 15 is 0 Å². The van der Waals surface area contributed by atoms with Crippen LogP contribution in [0.25, 0.3) is 16.4 Å². The lowest BCUT2D eigenvalue weighted by atomic mass is 10.2. The smallest absolute Gasteiger partial charge is 0.266 e. The zero-order valence-corrected chi connectivity index (χ0v) is 14.7. The monoisotopic (exact) mass is 369 g/mol. The van der Waals surface area contributed by atoms with E-state index in [9.17, 15) is 4.79 Å². The Morgan fingerprint density at radius 2 is 2.20 bits per heavy atom. The van der Waals surface area contributed by atoms with Crippen molar-refractivity contribution in [1.82, 2.24) is 24.3 Å². The zero-order valence-electron chi connectivity index (χ0n) is 13.1. The van der Waals surface area contributed by atoms with E-state index in [1.54, 1.807) is 23.3 Å². The molecule has 0 radical (unpaired) electrons. The fourth-order valence-electron chi connectivity index (χ4n) is 2.47. The van der Waals surface area contributed by atoms with Gasteiger partial charge in [0.1, 0.15) is 6.33 Å². The van der Waals surface area contributed by atoms with E-state index in [4.69, 9.17) is 11.6 Å². The van der Waals surface area contributed by atoms with Crippen LogP contribution in [0.2, 0.25) is 5.02 Å². The maximum absolute atomic E-state index is 12.5. The number of rotatable bonds is 3. The second kappa shape index (κ2) is 6.27. The summed E-state index contributed by atoms with van der Waals surface area (Å²) in [5.74, 6) is -0.173. The van der Waals surface area contributed by atoms with Crippen molar-refractivity contribution in [3.8, 4) is 16.4 Å². The van der Waals surface area contributed by atoms with Gasteiger partial charge < -0.3 is 0 Å². The van der Waals surface area contributed by atoms with Crippen molar-refractivity contribution in [1.29, 1.82) is 0 Å². The second-order valence-corrected chi connectivity index (χ2v) is 6.63. The predicted octanol–water partition coefficient (Wildman–Crippen LogP) is 3.84. The molecule has 0 unspecified atom stereocenters. The molecule has 124 valence electrons. The number of imidazole rings is 1. The molecule has 6 nitrogen and oxygen atoms in total. The molecule has 0 N–H and O–H groups in total. The number of halogens is 1. The summed E-state index contributed by atoms with van der Waals surface area (Å²) in [4.78, 5) is 21.0. The summed E-state index contributed by atoms with van der Waals surface area (Å²) in [5.41, 5.74) is 3.00. The number of carbonyl (C=O) groups is 1. The first-order valence-electron chi connectivity index (χ1n) is 7.42. The second-order valence-electron chi connectivity index (χ2n) is 5.36. The van der Waals surface area contributed by atoms with Crippen molar-refractivity contribution >= 4 is 28.8 Å². The molecule has 8 heteroatoms. The number of nitrogens with zero attached hydrogens (tertiary/aromatic N) is 5. The van der Waals surface area contributed by atoms with Gasteiger partial charge in [0.15, 0.2) is 0 Å². The highest BCUT2D eigenvalue weighted by molar-refractivity contribution is 7.12. The average molecular weight is 370 g/mol. The molecule has 0 saturated heterocycles. The Morgan fingerprint density at radius 1 is 1.32 bits per heavy atom. The van der Waals surface area contributed by atoms with Crippen molar-refractivity contribution in [2.24, 2.45) is 0 Å². The molecule has 4 rings (SSSR count). The Balaban J connectivity index is 1.69. The molecule has 0 amide bonds. The fraction of sp³-hybridized carbons (Fsp3) is 0.0588. The highest BCUT2D eigenvalue weighted by Crippen LogP contribution is 2.27. The van der Waals surface area contributed by atoms with E-state index in [1.165, 1.54) is 22.2 Å². The third kappa shape index (κ3) is 2.88. The first-order valence-corrected chi connectivity index (χ1v) is 8.68. The minimum Gasteiger partial charge on any atom is -0.272 e. The molecule has 0 aliphatic rings. The van der Waals surface area contributed by atoms with Crippen LogP contribution in [0.3, 0.4) is 0 Å². The fourth-order valence-corrected chi connectivity index (χ4v) is 3.50. The van der Waals surface area contributed by atoms with Crippen molar-refractivity contribution in [2.45, 2.75) is 6.92 Å². The molecule has 0 aliphatic heterocycles. The molecule has 0 spiro atoms. The zero-order chi connectivity index (χ0) is 17.4. The number of thiazole rings is 1. The normalized spacial score (nSPS) is 11.0. The van der Waals surface area contributed by atoms with Gasteiger partial charge in [-0.05, 0) is 19.1 Å². The van der Waals surface area contributed by atoms with Gasteiger partial charge in [-0.1, -0.05) is 23.7 Å². The molecular formula is C17H12ClN5OS. The Kier molecular flexibility index (Phi) is 3.95. The topological polar surface area (TPSA) is 65.6 Å². The van der Waals surface area contributed by atoms with E-state index < -0.39 is 0 Å². The molecule has 3 aromatic heterocycles. The van der Waals surface area contributed by atoms with E-state index in [1.807, 2.05) is 36.6 Å². The van der Waals surface area contributed by atoms with E-state index in [-0.39, 0.29) is 5.91 Å². The predicted molar refractivity (Wildman–Crippen MR) is 96.4 cm³/mol. The molecule has 3 heterocycles. The molecule has 0 aliphatic carbocycles. The first kappa shape index (κ1) is 15.7. The number of carbonyl (C=O) groups excluding carboxylic acids is 1.